The third-order valence-corrected chi connectivity index (χ3v) is 3.54. The van der Waals surface area contributed by atoms with Gasteiger partial charge in [-0.05, 0) is 41.0 Å². The van der Waals surface area contributed by atoms with Gasteiger partial charge in [0.2, 0.25) is 0 Å². The second kappa shape index (κ2) is 5.09. The highest BCUT2D eigenvalue weighted by molar-refractivity contribution is 5.85. The van der Waals surface area contributed by atoms with Crippen molar-refractivity contribution in [1.82, 2.24) is 4.90 Å². The van der Waals surface area contributed by atoms with Gasteiger partial charge in [0.1, 0.15) is 0 Å². The van der Waals surface area contributed by atoms with E-state index >= 15 is 0 Å². The SMILES string of the molecule is CCC(C)(C)N(CC(=O)C(C)(C)C)C(C)(C)C. The summed E-state index contributed by atoms with van der Waals surface area (Å²) in [4.78, 5) is 14.6. The summed E-state index contributed by atoms with van der Waals surface area (Å²) in [5, 5.41) is 0. The second-order valence-electron chi connectivity index (χ2n) is 7.60. The summed E-state index contributed by atoms with van der Waals surface area (Å²) in [7, 11) is 0. The topological polar surface area (TPSA) is 20.3 Å². The van der Waals surface area contributed by atoms with Crippen LogP contribution in [-0.2, 0) is 4.79 Å². The van der Waals surface area contributed by atoms with Crippen LogP contribution in [0.25, 0.3) is 0 Å². The molecule has 0 N–H and O–H groups in total. The zero-order valence-corrected chi connectivity index (χ0v) is 13.3. The Kier molecular flexibility index (Phi) is 4.98. The molecule has 17 heavy (non-hydrogen) atoms. The normalized spacial score (nSPS) is 14.2. The zero-order chi connectivity index (χ0) is 14.1. The molecule has 0 bridgehead atoms. The lowest BCUT2D eigenvalue weighted by Crippen LogP contribution is -2.56. The van der Waals surface area contributed by atoms with Gasteiger partial charge in [0, 0.05) is 16.5 Å². The zero-order valence-electron chi connectivity index (χ0n) is 13.3. The fraction of sp³-hybridized carbons (Fsp3) is 0.933. The van der Waals surface area contributed by atoms with Crippen molar-refractivity contribution in [3.63, 3.8) is 0 Å². The maximum Gasteiger partial charge on any atom is 0.152 e. The molecule has 0 aromatic heterocycles. The van der Waals surface area contributed by atoms with E-state index in [-0.39, 0.29) is 16.5 Å². The smallest absolute Gasteiger partial charge is 0.152 e. The summed E-state index contributed by atoms with van der Waals surface area (Å²) in [5.74, 6) is 0.314. The third-order valence-electron chi connectivity index (χ3n) is 3.54. The van der Waals surface area contributed by atoms with Gasteiger partial charge >= 0.3 is 0 Å². The van der Waals surface area contributed by atoms with Crippen molar-refractivity contribution < 1.29 is 4.79 Å². The number of Topliss-reactive ketones (excluding diaryl/α,β-unsaturated/α-hetero) is 1. The summed E-state index contributed by atoms with van der Waals surface area (Å²) in [6.45, 7) is 19.7. The predicted molar refractivity (Wildman–Crippen MR) is 75.3 cm³/mol. The van der Waals surface area contributed by atoms with Gasteiger partial charge in [-0.2, -0.15) is 0 Å². The minimum Gasteiger partial charge on any atom is -0.298 e. The van der Waals surface area contributed by atoms with Gasteiger partial charge in [0.05, 0.1) is 6.54 Å². The number of hydrogen-bond acceptors (Lipinski definition) is 2. The average Bonchev–Trinajstić information content (AvgIpc) is 2.09. The van der Waals surface area contributed by atoms with Crippen molar-refractivity contribution in [1.29, 1.82) is 0 Å². The molecule has 0 rings (SSSR count). The van der Waals surface area contributed by atoms with Crippen LogP contribution in [-0.4, -0.2) is 28.3 Å². The van der Waals surface area contributed by atoms with E-state index in [4.69, 9.17) is 0 Å². The second-order valence-corrected chi connectivity index (χ2v) is 7.60. The Balaban J connectivity index is 5.07. The molecule has 0 atom stereocenters. The molecule has 0 unspecified atom stereocenters. The number of carbonyl (C=O) groups is 1. The van der Waals surface area contributed by atoms with Gasteiger partial charge < -0.3 is 0 Å². The fourth-order valence-electron chi connectivity index (χ4n) is 1.93. The first-order chi connectivity index (χ1) is 7.32. The van der Waals surface area contributed by atoms with Crippen molar-refractivity contribution in [2.75, 3.05) is 6.54 Å². The number of hydrogen-bond donors (Lipinski definition) is 0. The molecular formula is C15H31NO. The molecule has 0 aromatic carbocycles. The number of nitrogens with zero attached hydrogens (tertiary/aromatic N) is 1. The Bertz CT molecular complexity index is 266. The molecule has 0 saturated heterocycles. The van der Waals surface area contributed by atoms with Crippen LogP contribution in [0.1, 0.15) is 68.7 Å². The van der Waals surface area contributed by atoms with Crippen LogP contribution < -0.4 is 0 Å². The van der Waals surface area contributed by atoms with Crippen LogP contribution in [0.4, 0.5) is 0 Å². The van der Waals surface area contributed by atoms with E-state index < -0.39 is 0 Å². The first-order valence-corrected chi connectivity index (χ1v) is 6.63. The molecule has 102 valence electrons. The van der Waals surface area contributed by atoms with Crippen LogP contribution in [0.2, 0.25) is 0 Å². The Hall–Kier alpha value is -0.370. The molecule has 0 saturated carbocycles. The molecule has 0 radical (unpaired) electrons. The average molecular weight is 241 g/mol. The van der Waals surface area contributed by atoms with E-state index in [1.807, 2.05) is 20.8 Å². The van der Waals surface area contributed by atoms with E-state index in [1.165, 1.54) is 0 Å². The maximum absolute atomic E-state index is 12.2. The van der Waals surface area contributed by atoms with Crippen LogP contribution in [0, 0.1) is 5.41 Å². The van der Waals surface area contributed by atoms with Crippen molar-refractivity contribution >= 4 is 5.78 Å². The van der Waals surface area contributed by atoms with Crippen LogP contribution in [0.3, 0.4) is 0 Å². The molecule has 0 fully saturated rings. The minimum atomic E-state index is -0.257. The van der Waals surface area contributed by atoms with E-state index in [0.29, 0.717) is 12.3 Å². The summed E-state index contributed by atoms with van der Waals surface area (Å²) in [5.41, 5.74) is -0.188. The first kappa shape index (κ1) is 16.6. The molecule has 0 aliphatic rings. The van der Waals surface area contributed by atoms with E-state index in [1.54, 1.807) is 0 Å². The summed E-state index contributed by atoms with van der Waals surface area (Å²) in [6.07, 6.45) is 1.04. The highest BCUT2D eigenvalue weighted by Crippen LogP contribution is 2.29. The lowest BCUT2D eigenvalue weighted by molar-refractivity contribution is -0.131. The van der Waals surface area contributed by atoms with E-state index in [0.717, 1.165) is 6.42 Å². The third kappa shape index (κ3) is 4.79. The first-order valence-electron chi connectivity index (χ1n) is 6.63. The van der Waals surface area contributed by atoms with Gasteiger partial charge in [0.25, 0.3) is 0 Å². The van der Waals surface area contributed by atoms with Gasteiger partial charge in [0.15, 0.2) is 5.78 Å². The molecule has 0 aliphatic carbocycles. The molecule has 0 aromatic rings. The van der Waals surface area contributed by atoms with Gasteiger partial charge in [-0.3, -0.25) is 9.69 Å². The van der Waals surface area contributed by atoms with E-state index in [2.05, 4.69) is 46.4 Å². The van der Waals surface area contributed by atoms with E-state index in [9.17, 15) is 4.79 Å². The molecule has 0 spiro atoms. The van der Waals surface area contributed by atoms with Gasteiger partial charge in [-0.25, -0.2) is 0 Å². The lowest BCUT2D eigenvalue weighted by Gasteiger charge is -2.47. The fourth-order valence-corrected chi connectivity index (χ4v) is 1.93. The standard InChI is InChI=1S/C15H31NO/c1-10-15(8,9)16(14(5,6)7)11-12(17)13(2,3)4/h10-11H2,1-9H3. The van der Waals surface area contributed by atoms with Crippen molar-refractivity contribution in [3.05, 3.63) is 0 Å². The molecule has 0 aliphatic heterocycles. The van der Waals surface area contributed by atoms with Crippen molar-refractivity contribution in [2.45, 2.75) is 79.8 Å². The Labute approximate surface area is 108 Å². The number of rotatable bonds is 4. The highest BCUT2D eigenvalue weighted by Gasteiger charge is 2.36. The summed E-state index contributed by atoms with van der Waals surface area (Å²) in [6, 6.07) is 0. The highest BCUT2D eigenvalue weighted by atomic mass is 16.1. The molecule has 2 heteroatoms. The van der Waals surface area contributed by atoms with Gasteiger partial charge in [-0.15, -0.1) is 0 Å². The van der Waals surface area contributed by atoms with Crippen molar-refractivity contribution in [3.8, 4) is 0 Å². The van der Waals surface area contributed by atoms with Gasteiger partial charge in [-0.1, -0.05) is 27.7 Å². The summed E-state index contributed by atoms with van der Waals surface area (Å²) < 4.78 is 0. The number of carbonyl (C=O) groups excluding carboxylic acids is 1. The summed E-state index contributed by atoms with van der Waals surface area (Å²) >= 11 is 0. The van der Waals surface area contributed by atoms with Crippen molar-refractivity contribution in [2.24, 2.45) is 5.41 Å². The maximum atomic E-state index is 12.2. The van der Waals surface area contributed by atoms with Crippen LogP contribution in [0.5, 0.6) is 0 Å². The minimum absolute atomic E-state index is 0.0143. The Morgan fingerprint density at radius 2 is 1.35 bits per heavy atom. The Morgan fingerprint density at radius 3 is 1.59 bits per heavy atom. The van der Waals surface area contributed by atoms with Crippen LogP contribution >= 0.6 is 0 Å². The molecule has 2 nitrogen and oxygen atoms in total. The molecule has 0 heterocycles. The molecular weight excluding hydrogens is 210 g/mol. The quantitative estimate of drug-likeness (QED) is 0.744. The lowest BCUT2D eigenvalue weighted by atomic mass is 9.86. The molecule has 0 amide bonds. The number of ketones is 1. The largest absolute Gasteiger partial charge is 0.298 e. The predicted octanol–water partition coefficient (Wildman–Crippen LogP) is 3.89. The monoisotopic (exact) mass is 241 g/mol. The Morgan fingerprint density at radius 1 is 0.941 bits per heavy atom. The van der Waals surface area contributed by atoms with Crippen LogP contribution in [0.15, 0.2) is 0 Å².